The third-order valence-electron chi connectivity index (χ3n) is 4.10. The monoisotopic (exact) mass is 399 g/mol. The van der Waals surface area contributed by atoms with Crippen LogP contribution in [0.15, 0.2) is 41.0 Å². The fourth-order valence-electron chi connectivity index (χ4n) is 2.88. The Morgan fingerprint density at radius 2 is 1.60 bits per heavy atom. The predicted molar refractivity (Wildman–Crippen MR) is 91.2 cm³/mol. The molecule has 0 aliphatic carbocycles. The fourth-order valence-corrected chi connectivity index (χ4v) is 3.15. The first kappa shape index (κ1) is 15.5. The summed E-state index contributed by atoms with van der Waals surface area (Å²) in [7, 11) is 0. The molecule has 124 valence electrons. The maximum Gasteiger partial charge on any atom is 0.265 e. The van der Waals surface area contributed by atoms with Crippen molar-refractivity contribution in [1.82, 2.24) is 15.1 Å². The highest BCUT2D eigenvalue weighted by atomic mass is 79.9. The normalized spacial score (nSPS) is 13.6. The van der Waals surface area contributed by atoms with E-state index in [0.29, 0.717) is 0 Å². The molecule has 0 atom stereocenters. The summed E-state index contributed by atoms with van der Waals surface area (Å²) in [5.74, 6) is -2.17. The lowest BCUT2D eigenvalue weighted by Gasteiger charge is -2.13. The van der Waals surface area contributed by atoms with E-state index in [0.717, 1.165) is 14.9 Å². The van der Waals surface area contributed by atoms with Crippen LogP contribution in [0, 0.1) is 0 Å². The first-order valence-corrected chi connectivity index (χ1v) is 8.08. The second kappa shape index (κ2) is 5.52. The summed E-state index contributed by atoms with van der Waals surface area (Å²) in [4.78, 5) is 26.3. The van der Waals surface area contributed by atoms with Crippen LogP contribution in [-0.4, -0.2) is 37.1 Å². The third-order valence-corrected chi connectivity index (χ3v) is 4.62. The topological polar surface area (TPSA) is 104 Å². The highest BCUT2D eigenvalue weighted by molar-refractivity contribution is 9.10. The molecule has 2 N–H and O–H groups in total. The van der Waals surface area contributed by atoms with E-state index in [-0.39, 0.29) is 34.3 Å². The van der Waals surface area contributed by atoms with E-state index in [9.17, 15) is 19.8 Å². The van der Waals surface area contributed by atoms with Crippen LogP contribution >= 0.6 is 15.9 Å². The van der Waals surface area contributed by atoms with Crippen molar-refractivity contribution in [1.29, 1.82) is 0 Å². The Kier molecular flexibility index (Phi) is 3.43. The van der Waals surface area contributed by atoms with Crippen LogP contribution in [0.1, 0.15) is 26.3 Å². The lowest BCUT2D eigenvalue weighted by Crippen LogP contribution is -2.29. The molecule has 2 aromatic carbocycles. The molecule has 2 heterocycles. The number of nitrogens with zero attached hydrogens (tertiary/aromatic N) is 3. The molecule has 0 fully saturated rings. The molecule has 25 heavy (non-hydrogen) atoms. The van der Waals surface area contributed by atoms with Gasteiger partial charge in [0.2, 0.25) is 0 Å². The van der Waals surface area contributed by atoms with Crippen LogP contribution in [0.25, 0.3) is 10.9 Å². The summed E-state index contributed by atoms with van der Waals surface area (Å²) in [6.45, 7) is 0.0283. The van der Waals surface area contributed by atoms with Crippen molar-refractivity contribution in [3.8, 4) is 11.5 Å². The smallest absolute Gasteiger partial charge is 0.265 e. The van der Waals surface area contributed by atoms with Crippen LogP contribution in [0.2, 0.25) is 0 Å². The van der Waals surface area contributed by atoms with Crippen molar-refractivity contribution in [2.24, 2.45) is 0 Å². The number of hydrogen-bond donors (Lipinski definition) is 2. The van der Waals surface area contributed by atoms with Crippen LogP contribution in [0.4, 0.5) is 0 Å². The fraction of sp³-hybridized carbons (Fsp3) is 0.0588. The lowest BCUT2D eigenvalue weighted by molar-refractivity contribution is 0.0641. The third kappa shape index (κ3) is 2.25. The van der Waals surface area contributed by atoms with Crippen molar-refractivity contribution < 1.29 is 19.8 Å². The zero-order valence-corrected chi connectivity index (χ0v) is 14.2. The van der Waals surface area contributed by atoms with Crippen molar-refractivity contribution in [3.63, 3.8) is 0 Å². The van der Waals surface area contributed by atoms with Gasteiger partial charge in [0.05, 0.1) is 23.7 Å². The molecule has 1 aromatic heterocycles. The Bertz CT molecular complexity index is 989. The van der Waals surface area contributed by atoms with Gasteiger partial charge in [-0.05, 0) is 23.8 Å². The van der Waals surface area contributed by atoms with Gasteiger partial charge in [-0.15, -0.1) is 5.10 Å². The molecular formula is C17H10BrN3O4. The van der Waals surface area contributed by atoms with Crippen molar-refractivity contribution in [3.05, 3.63) is 57.7 Å². The Balaban J connectivity index is 1.84. The summed E-state index contributed by atoms with van der Waals surface area (Å²) in [6.07, 6.45) is 1.33. The molecule has 3 aromatic rings. The van der Waals surface area contributed by atoms with Gasteiger partial charge in [-0.25, -0.2) is 0 Å². The van der Waals surface area contributed by atoms with E-state index in [2.05, 4.69) is 26.1 Å². The van der Waals surface area contributed by atoms with Gasteiger partial charge in [-0.1, -0.05) is 28.1 Å². The average molecular weight is 400 g/mol. The van der Waals surface area contributed by atoms with Gasteiger partial charge in [0, 0.05) is 4.47 Å². The summed E-state index contributed by atoms with van der Waals surface area (Å²) in [5, 5.41) is 28.4. The number of phenols is 2. The molecule has 4 rings (SSSR count). The lowest BCUT2D eigenvalue weighted by atomic mass is 10.0. The molecule has 0 radical (unpaired) electrons. The van der Waals surface area contributed by atoms with Gasteiger partial charge in [-0.3, -0.25) is 14.5 Å². The summed E-state index contributed by atoms with van der Waals surface area (Å²) in [5.41, 5.74) is 0.263. The quantitative estimate of drug-likeness (QED) is 0.506. The summed E-state index contributed by atoms with van der Waals surface area (Å²) in [6, 6.07) is 8.57. The van der Waals surface area contributed by atoms with Gasteiger partial charge < -0.3 is 10.2 Å². The number of carbonyl (C=O) groups excluding carboxylic acids is 2. The van der Waals surface area contributed by atoms with Crippen molar-refractivity contribution >= 4 is 38.6 Å². The van der Waals surface area contributed by atoms with Gasteiger partial charge in [-0.2, -0.15) is 5.10 Å². The SMILES string of the molecule is O=C1c2c(c(O)c3nnccc3c2O)C(=O)N1Cc1ccc(Br)cc1. The molecule has 0 spiro atoms. The number of amides is 2. The molecule has 1 aliphatic heterocycles. The molecule has 0 bridgehead atoms. The number of imide groups is 1. The minimum atomic E-state index is -0.678. The molecule has 0 unspecified atom stereocenters. The largest absolute Gasteiger partial charge is 0.506 e. The van der Waals surface area contributed by atoms with E-state index in [1.54, 1.807) is 24.3 Å². The maximum atomic E-state index is 12.7. The Morgan fingerprint density at radius 1 is 0.960 bits per heavy atom. The van der Waals surface area contributed by atoms with E-state index >= 15 is 0 Å². The van der Waals surface area contributed by atoms with Gasteiger partial charge in [0.25, 0.3) is 11.8 Å². The summed E-state index contributed by atoms with van der Waals surface area (Å²) >= 11 is 3.32. The van der Waals surface area contributed by atoms with Crippen molar-refractivity contribution in [2.75, 3.05) is 0 Å². The molecule has 0 saturated carbocycles. The zero-order chi connectivity index (χ0) is 17.7. The van der Waals surface area contributed by atoms with Crippen LogP contribution in [0.3, 0.4) is 0 Å². The van der Waals surface area contributed by atoms with Gasteiger partial charge in [0.1, 0.15) is 16.8 Å². The Hall–Kier alpha value is -3.00. The second-order valence-corrected chi connectivity index (χ2v) is 6.48. The first-order chi connectivity index (χ1) is 12.0. The first-order valence-electron chi connectivity index (χ1n) is 7.29. The molecule has 0 saturated heterocycles. The van der Waals surface area contributed by atoms with Gasteiger partial charge in [0.15, 0.2) is 5.75 Å². The number of phenolic OH excluding ortho intramolecular Hbond substituents is 2. The Labute approximate surface area is 149 Å². The number of rotatable bonds is 2. The number of aromatic nitrogens is 2. The number of carbonyl (C=O) groups is 2. The van der Waals surface area contributed by atoms with Crippen LogP contribution < -0.4 is 0 Å². The average Bonchev–Trinajstić information content (AvgIpc) is 2.86. The van der Waals surface area contributed by atoms with E-state index < -0.39 is 17.6 Å². The number of aromatic hydroxyl groups is 2. The summed E-state index contributed by atoms with van der Waals surface area (Å²) < 4.78 is 0.874. The zero-order valence-electron chi connectivity index (χ0n) is 12.6. The predicted octanol–water partition coefficient (Wildman–Crippen LogP) is 2.60. The Morgan fingerprint density at radius 3 is 2.28 bits per heavy atom. The van der Waals surface area contributed by atoms with E-state index in [1.165, 1.54) is 12.3 Å². The number of halogens is 1. The molecule has 8 heteroatoms. The van der Waals surface area contributed by atoms with Gasteiger partial charge >= 0.3 is 0 Å². The van der Waals surface area contributed by atoms with E-state index in [4.69, 9.17) is 0 Å². The minimum absolute atomic E-state index is 0.0228. The van der Waals surface area contributed by atoms with Crippen molar-refractivity contribution in [2.45, 2.75) is 6.54 Å². The highest BCUT2D eigenvalue weighted by Crippen LogP contribution is 2.42. The molecule has 1 aliphatic rings. The second-order valence-electron chi connectivity index (χ2n) is 5.56. The number of fused-ring (bicyclic) bond motifs is 2. The highest BCUT2D eigenvalue weighted by Gasteiger charge is 2.42. The number of hydrogen-bond acceptors (Lipinski definition) is 6. The van der Waals surface area contributed by atoms with Crippen LogP contribution in [-0.2, 0) is 6.54 Å². The standard InChI is InChI=1S/C17H10BrN3O4/c18-9-3-1-8(2-4-9)7-21-16(24)11-12(17(21)25)15(23)13-10(14(11)22)5-6-19-20-13/h1-6,22-23H,7H2. The molecular weight excluding hydrogens is 390 g/mol. The van der Waals surface area contributed by atoms with E-state index in [1.807, 2.05) is 0 Å². The minimum Gasteiger partial charge on any atom is -0.506 e. The molecule has 7 nitrogen and oxygen atoms in total. The molecule has 2 amide bonds. The maximum absolute atomic E-state index is 12.7. The van der Waals surface area contributed by atoms with Crippen LogP contribution in [0.5, 0.6) is 11.5 Å². The number of benzene rings is 2.